The number of benzene rings is 2. The Morgan fingerprint density at radius 1 is 0.889 bits per heavy atom. The summed E-state index contributed by atoms with van der Waals surface area (Å²) in [5.41, 5.74) is 1.23. The van der Waals surface area contributed by atoms with Gasteiger partial charge in [-0.2, -0.15) is 4.99 Å². The summed E-state index contributed by atoms with van der Waals surface area (Å²) in [6, 6.07) is 8.60. The molecule has 0 aliphatic carbocycles. The van der Waals surface area contributed by atoms with Crippen molar-refractivity contribution in [2.24, 2.45) is 12.0 Å². The topological polar surface area (TPSA) is 71.3 Å². The van der Waals surface area contributed by atoms with Gasteiger partial charge >= 0.3 is 0 Å². The number of amides is 1. The third-order valence-corrected chi connectivity index (χ3v) is 5.29. The van der Waals surface area contributed by atoms with Gasteiger partial charge in [-0.15, -0.1) is 0 Å². The number of hydrogen-bond donors (Lipinski definition) is 0. The van der Waals surface area contributed by atoms with E-state index in [0.29, 0.717) is 33.4 Å². The van der Waals surface area contributed by atoms with Crippen LogP contribution in [0.4, 0.5) is 0 Å². The molecule has 0 aliphatic heterocycles. The first kappa shape index (κ1) is 18.8. The van der Waals surface area contributed by atoms with Gasteiger partial charge in [-0.25, -0.2) is 0 Å². The molecule has 0 atom stereocenters. The molecule has 142 valence electrons. The molecule has 0 radical (unpaired) electrons. The Labute approximate surface area is 160 Å². The monoisotopic (exact) mass is 388 g/mol. The molecule has 0 N–H and O–H groups in total. The minimum Gasteiger partial charge on any atom is -0.495 e. The minimum atomic E-state index is -0.379. The molecule has 0 saturated carbocycles. The lowest BCUT2D eigenvalue weighted by Crippen LogP contribution is -2.13. The maximum atomic E-state index is 12.7. The predicted octanol–water partition coefficient (Wildman–Crippen LogP) is 3.02. The van der Waals surface area contributed by atoms with Crippen molar-refractivity contribution in [1.29, 1.82) is 0 Å². The van der Waals surface area contributed by atoms with Crippen LogP contribution < -0.4 is 23.7 Å². The van der Waals surface area contributed by atoms with E-state index >= 15 is 0 Å². The number of aromatic nitrogens is 1. The number of carbonyl (C=O) groups excluding carboxylic acids is 1. The third kappa shape index (κ3) is 3.35. The molecule has 0 spiro atoms. The average molecular weight is 388 g/mol. The van der Waals surface area contributed by atoms with E-state index in [1.54, 1.807) is 39.5 Å². The lowest BCUT2D eigenvalue weighted by atomic mass is 10.2. The van der Waals surface area contributed by atoms with E-state index in [0.717, 1.165) is 10.2 Å². The first-order chi connectivity index (χ1) is 13.0. The fraction of sp³-hybridized carbons (Fsp3) is 0.263. The average Bonchev–Trinajstić information content (AvgIpc) is 3.03. The first-order valence-corrected chi connectivity index (χ1v) is 8.87. The third-order valence-electron chi connectivity index (χ3n) is 4.14. The van der Waals surface area contributed by atoms with E-state index < -0.39 is 0 Å². The fourth-order valence-corrected chi connectivity index (χ4v) is 3.88. The minimum absolute atomic E-state index is 0.379. The van der Waals surface area contributed by atoms with Crippen LogP contribution in [0.25, 0.3) is 10.2 Å². The van der Waals surface area contributed by atoms with E-state index in [2.05, 4.69) is 4.99 Å². The van der Waals surface area contributed by atoms with Crippen LogP contribution in [0.5, 0.6) is 23.0 Å². The first-order valence-electron chi connectivity index (χ1n) is 8.05. The molecule has 0 saturated heterocycles. The number of nitrogens with zero attached hydrogens (tertiary/aromatic N) is 2. The molecule has 3 aromatic rings. The van der Waals surface area contributed by atoms with Gasteiger partial charge in [0.05, 0.1) is 28.4 Å². The summed E-state index contributed by atoms with van der Waals surface area (Å²) < 4.78 is 24.0. The number of ether oxygens (including phenoxy) is 4. The fourth-order valence-electron chi connectivity index (χ4n) is 2.75. The lowest BCUT2D eigenvalue weighted by molar-refractivity contribution is 0.0997. The zero-order valence-corrected chi connectivity index (χ0v) is 16.5. The molecule has 1 aromatic heterocycles. The van der Waals surface area contributed by atoms with E-state index in [9.17, 15) is 4.79 Å². The molecular weight excluding hydrogens is 368 g/mol. The Hall–Kier alpha value is -3.00. The number of rotatable bonds is 5. The van der Waals surface area contributed by atoms with Crippen molar-refractivity contribution in [2.45, 2.75) is 0 Å². The predicted molar refractivity (Wildman–Crippen MR) is 103 cm³/mol. The molecule has 2 aromatic carbocycles. The van der Waals surface area contributed by atoms with Crippen molar-refractivity contribution in [3.05, 3.63) is 40.7 Å². The van der Waals surface area contributed by atoms with Crippen molar-refractivity contribution in [2.75, 3.05) is 28.4 Å². The molecule has 0 fully saturated rings. The van der Waals surface area contributed by atoms with Crippen molar-refractivity contribution in [3.63, 3.8) is 0 Å². The summed E-state index contributed by atoms with van der Waals surface area (Å²) in [5.74, 6) is 2.03. The Morgan fingerprint density at radius 3 is 2.11 bits per heavy atom. The standard InChI is InChI=1S/C19H20N2O5S/c1-21-16-13(24-3)8-9-14(25-4)17(16)27-19(21)20-18(22)11-6-7-12(23-2)15(10-11)26-5/h6-10H,1-5H3. The highest BCUT2D eigenvalue weighted by Crippen LogP contribution is 2.34. The molecule has 0 unspecified atom stereocenters. The quantitative estimate of drug-likeness (QED) is 0.672. The van der Waals surface area contributed by atoms with Crippen LogP contribution in [0.1, 0.15) is 10.4 Å². The maximum absolute atomic E-state index is 12.7. The zero-order valence-electron chi connectivity index (χ0n) is 15.7. The van der Waals surface area contributed by atoms with Gasteiger partial charge in [-0.1, -0.05) is 11.3 Å². The van der Waals surface area contributed by atoms with Crippen LogP contribution in [-0.2, 0) is 7.05 Å². The largest absolute Gasteiger partial charge is 0.495 e. The summed E-state index contributed by atoms with van der Waals surface area (Å²) >= 11 is 1.36. The molecule has 7 nitrogen and oxygen atoms in total. The van der Waals surface area contributed by atoms with Gasteiger partial charge in [-0.05, 0) is 30.3 Å². The molecule has 0 bridgehead atoms. The van der Waals surface area contributed by atoms with E-state index in [-0.39, 0.29) is 5.91 Å². The molecule has 0 aliphatic rings. The molecule has 1 heterocycles. The smallest absolute Gasteiger partial charge is 0.279 e. The van der Waals surface area contributed by atoms with Crippen LogP contribution >= 0.6 is 11.3 Å². The number of hydrogen-bond acceptors (Lipinski definition) is 6. The van der Waals surface area contributed by atoms with Crippen molar-refractivity contribution in [1.82, 2.24) is 4.57 Å². The second-order valence-corrected chi connectivity index (χ2v) is 6.56. The van der Waals surface area contributed by atoms with Crippen LogP contribution in [0.2, 0.25) is 0 Å². The molecule has 1 amide bonds. The van der Waals surface area contributed by atoms with Gasteiger partial charge in [-0.3, -0.25) is 4.79 Å². The highest BCUT2D eigenvalue weighted by molar-refractivity contribution is 7.16. The second kappa shape index (κ2) is 7.71. The van der Waals surface area contributed by atoms with E-state index in [1.165, 1.54) is 18.4 Å². The van der Waals surface area contributed by atoms with Crippen molar-refractivity contribution >= 4 is 27.5 Å². The summed E-state index contributed by atoms with van der Waals surface area (Å²) in [6.45, 7) is 0. The summed E-state index contributed by atoms with van der Waals surface area (Å²) in [5, 5.41) is 0. The number of thiazole rings is 1. The number of aryl methyl sites for hydroxylation is 1. The van der Waals surface area contributed by atoms with Gasteiger partial charge in [0.15, 0.2) is 16.3 Å². The SMILES string of the molecule is COc1ccc(C(=O)N=c2sc3c(OC)ccc(OC)c3n2C)cc1OC. The summed E-state index contributed by atoms with van der Waals surface area (Å²) in [6.07, 6.45) is 0. The summed E-state index contributed by atoms with van der Waals surface area (Å²) in [7, 11) is 8.11. The second-order valence-electron chi connectivity index (χ2n) is 5.58. The van der Waals surface area contributed by atoms with Gasteiger partial charge in [0.1, 0.15) is 21.7 Å². The van der Waals surface area contributed by atoms with Crippen LogP contribution in [-0.4, -0.2) is 38.9 Å². The van der Waals surface area contributed by atoms with Gasteiger partial charge < -0.3 is 23.5 Å². The van der Waals surface area contributed by atoms with Crippen molar-refractivity contribution < 1.29 is 23.7 Å². The zero-order chi connectivity index (χ0) is 19.6. The van der Waals surface area contributed by atoms with Gasteiger partial charge in [0.25, 0.3) is 5.91 Å². The van der Waals surface area contributed by atoms with Crippen LogP contribution in [0.3, 0.4) is 0 Å². The summed E-state index contributed by atoms with van der Waals surface area (Å²) in [4.78, 5) is 17.5. The Bertz CT molecular complexity index is 1070. The number of methoxy groups -OCH3 is 4. The molecule has 3 rings (SSSR count). The normalized spacial score (nSPS) is 11.5. The van der Waals surface area contributed by atoms with Crippen LogP contribution in [0.15, 0.2) is 35.3 Å². The van der Waals surface area contributed by atoms with Gasteiger partial charge in [0, 0.05) is 12.6 Å². The lowest BCUT2D eigenvalue weighted by Gasteiger charge is -2.07. The Morgan fingerprint density at radius 2 is 1.48 bits per heavy atom. The van der Waals surface area contributed by atoms with Crippen LogP contribution in [0, 0.1) is 0 Å². The molecular formula is C19H20N2O5S. The molecule has 8 heteroatoms. The van der Waals surface area contributed by atoms with E-state index in [4.69, 9.17) is 18.9 Å². The number of fused-ring (bicyclic) bond motifs is 1. The highest BCUT2D eigenvalue weighted by Gasteiger charge is 2.15. The number of carbonyl (C=O) groups is 1. The van der Waals surface area contributed by atoms with E-state index in [1.807, 2.05) is 23.7 Å². The van der Waals surface area contributed by atoms with Crippen molar-refractivity contribution in [3.8, 4) is 23.0 Å². The molecule has 27 heavy (non-hydrogen) atoms. The van der Waals surface area contributed by atoms with Gasteiger partial charge in [0.2, 0.25) is 0 Å². The highest BCUT2D eigenvalue weighted by atomic mass is 32.1. The Balaban J connectivity index is 2.13. The maximum Gasteiger partial charge on any atom is 0.279 e. The Kier molecular flexibility index (Phi) is 5.36.